The predicted octanol–water partition coefficient (Wildman–Crippen LogP) is 7.69. The van der Waals surface area contributed by atoms with E-state index in [-0.39, 0.29) is 0 Å². The topological polar surface area (TPSA) is 0 Å². The maximum absolute atomic E-state index is 2.31. The zero-order valence-electron chi connectivity index (χ0n) is 18.8. The van der Waals surface area contributed by atoms with Gasteiger partial charge < -0.3 is 0 Å². The van der Waals surface area contributed by atoms with Crippen LogP contribution in [-0.2, 0) is 0 Å². The first kappa shape index (κ1) is 21.7. The van der Waals surface area contributed by atoms with Gasteiger partial charge in [0.15, 0.2) is 0 Å². The third kappa shape index (κ3) is 3.98. The Labute approximate surface area is 214 Å². The maximum atomic E-state index is 2.31. The number of hydrogen-bond donors (Lipinski definition) is 0. The molecule has 0 bridgehead atoms. The molecule has 164 valence electrons. The molecule has 2 heteroatoms. The monoisotopic (exact) mass is 568 g/mol. The summed E-state index contributed by atoms with van der Waals surface area (Å²) in [6.45, 7) is 0. The van der Waals surface area contributed by atoms with E-state index in [2.05, 4.69) is 121 Å². The van der Waals surface area contributed by atoms with Gasteiger partial charge in [0.1, 0.15) is 0 Å². The molecule has 0 N–H and O–H groups in total. The molecular weight excluding hydrogens is 542 g/mol. The van der Waals surface area contributed by atoms with E-state index < -0.39 is 0 Å². The molecule has 0 saturated carbocycles. The predicted molar refractivity (Wildman–Crippen MR) is 148 cm³/mol. The molecular formula is C32H24Se2. The van der Waals surface area contributed by atoms with E-state index in [1.54, 1.807) is 8.94 Å². The average molecular weight is 566 g/mol. The summed E-state index contributed by atoms with van der Waals surface area (Å²) in [6, 6.07) is 44.3. The van der Waals surface area contributed by atoms with Crippen molar-refractivity contribution in [3.63, 3.8) is 0 Å². The molecule has 4 aromatic rings. The summed E-state index contributed by atoms with van der Waals surface area (Å²) in [5, 5.41) is 2.60. The first-order valence-electron chi connectivity index (χ1n) is 11.6. The van der Waals surface area contributed by atoms with Gasteiger partial charge in [-0.25, -0.2) is 0 Å². The molecule has 1 aliphatic carbocycles. The fourth-order valence-electron chi connectivity index (χ4n) is 4.74. The standard InChI is InChI=1S/C32H24Se2/c1-5-13-23(14-6-1)27-28(24-15-7-2-8-16-24)30-29(27)31(25-17-9-3-10-18-25)33-21-22-34-32(30)26-19-11-4-12-20-26/h1-20H,21-22H2/b31-29-,32-30-. The molecule has 0 aromatic heterocycles. The second-order valence-electron chi connectivity index (χ2n) is 8.32. The normalized spacial score (nSPS) is 20.2. The molecule has 1 aliphatic heterocycles. The first-order valence-corrected chi connectivity index (χ1v) is 15.8. The van der Waals surface area contributed by atoms with Crippen LogP contribution in [-0.4, -0.2) is 29.9 Å². The average Bonchev–Trinajstić information content (AvgIpc) is 2.89. The Balaban J connectivity index is 1.74. The zero-order valence-corrected chi connectivity index (χ0v) is 22.2. The number of allylic oxidation sites excluding steroid dienone is 4. The minimum atomic E-state index is 0.453. The molecule has 6 rings (SSSR count). The van der Waals surface area contributed by atoms with Gasteiger partial charge >= 0.3 is 215 Å². The van der Waals surface area contributed by atoms with Crippen molar-refractivity contribution in [1.82, 2.24) is 0 Å². The molecule has 0 radical (unpaired) electrons. The molecule has 0 nitrogen and oxygen atoms in total. The van der Waals surface area contributed by atoms with E-state index in [0.717, 1.165) is 0 Å². The molecule has 1 heterocycles. The van der Waals surface area contributed by atoms with Gasteiger partial charge in [0.25, 0.3) is 0 Å². The number of hydrogen-bond acceptors (Lipinski definition) is 0. The van der Waals surface area contributed by atoms with Crippen LogP contribution >= 0.6 is 0 Å². The zero-order chi connectivity index (χ0) is 22.7. The van der Waals surface area contributed by atoms with E-state index in [1.165, 1.54) is 55.2 Å². The molecule has 0 fully saturated rings. The molecule has 0 spiro atoms. The van der Waals surface area contributed by atoms with Crippen molar-refractivity contribution in [2.45, 2.75) is 10.6 Å². The van der Waals surface area contributed by atoms with E-state index >= 15 is 0 Å². The van der Waals surface area contributed by atoms with Gasteiger partial charge in [0.05, 0.1) is 0 Å². The van der Waals surface area contributed by atoms with Crippen LogP contribution in [0.5, 0.6) is 0 Å². The van der Waals surface area contributed by atoms with Crippen molar-refractivity contribution in [1.29, 1.82) is 0 Å². The quantitative estimate of drug-likeness (QED) is 0.222. The molecule has 2 aliphatic rings. The van der Waals surface area contributed by atoms with E-state index in [9.17, 15) is 0 Å². The third-order valence-corrected chi connectivity index (χ3v) is 12.3. The van der Waals surface area contributed by atoms with E-state index in [1.807, 2.05) is 0 Å². The fraction of sp³-hybridized carbons (Fsp3) is 0.0625. The van der Waals surface area contributed by atoms with Gasteiger partial charge in [-0.3, -0.25) is 0 Å². The van der Waals surface area contributed by atoms with Crippen molar-refractivity contribution in [2.75, 3.05) is 0 Å². The molecule has 4 aromatic carbocycles. The number of fused-ring (bicyclic) bond motifs is 1. The van der Waals surface area contributed by atoms with E-state index in [0.29, 0.717) is 29.9 Å². The Morgan fingerprint density at radius 2 is 0.618 bits per heavy atom. The molecule has 0 unspecified atom stereocenters. The molecule has 0 saturated heterocycles. The minimum absolute atomic E-state index is 0.453. The molecule has 0 atom stereocenters. The van der Waals surface area contributed by atoms with Gasteiger partial charge in [-0.15, -0.1) is 0 Å². The van der Waals surface area contributed by atoms with Crippen LogP contribution in [0.25, 0.3) is 20.1 Å². The second-order valence-corrected chi connectivity index (χ2v) is 13.0. The summed E-state index contributed by atoms with van der Waals surface area (Å²) >= 11 is 0.905. The fourth-order valence-corrected chi connectivity index (χ4v) is 10.5. The van der Waals surface area contributed by atoms with Gasteiger partial charge in [0, 0.05) is 0 Å². The summed E-state index contributed by atoms with van der Waals surface area (Å²) in [6.07, 6.45) is 0. The first-order chi connectivity index (χ1) is 16.9. The van der Waals surface area contributed by atoms with Crippen molar-refractivity contribution in [3.8, 4) is 0 Å². The summed E-state index contributed by atoms with van der Waals surface area (Å²) in [4.78, 5) is 0. The van der Waals surface area contributed by atoms with Crippen LogP contribution in [0.1, 0.15) is 22.3 Å². The van der Waals surface area contributed by atoms with Gasteiger partial charge in [-0.2, -0.15) is 0 Å². The van der Waals surface area contributed by atoms with Gasteiger partial charge in [0.2, 0.25) is 0 Å². The Morgan fingerprint density at radius 1 is 0.324 bits per heavy atom. The van der Waals surface area contributed by atoms with Crippen LogP contribution in [0.2, 0.25) is 10.6 Å². The number of rotatable bonds is 4. The molecule has 34 heavy (non-hydrogen) atoms. The van der Waals surface area contributed by atoms with Crippen molar-refractivity contribution in [2.24, 2.45) is 0 Å². The summed E-state index contributed by atoms with van der Waals surface area (Å²) in [7, 11) is 0. The molecule has 0 amide bonds. The summed E-state index contributed by atoms with van der Waals surface area (Å²) in [5.74, 6) is 0. The Hall–Kier alpha value is -2.86. The van der Waals surface area contributed by atoms with Crippen LogP contribution in [0.4, 0.5) is 0 Å². The summed E-state index contributed by atoms with van der Waals surface area (Å²) in [5.41, 5.74) is 11.3. The van der Waals surface area contributed by atoms with Gasteiger partial charge in [-0.05, 0) is 0 Å². The van der Waals surface area contributed by atoms with Crippen LogP contribution < -0.4 is 0 Å². The van der Waals surface area contributed by atoms with Crippen LogP contribution in [0.3, 0.4) is 0 Å². The Bertz CT molecular complexity index is 1290. The van der Waals surface area contributed by atoms with Crippen molar-refractivity contribution in [3.05, 3.63) is 155 Å². The van der Waals surface area contributed by atoms with Crippen molar-refractivity contribution >= 4 is 50.0 Å². The number of benzene rings is 4. The van der Waals surface area contributed by atoms with E-state index in [4.69, 9.17) is 0 Å². The summed E-state index contributed by atoms with van der Waals surface area (Å²) < 4.78 is 3.12. The SMILES string of the molecule is c1ccc(C2=C(c3ccccc3)C3=C(\c4ccccc4)[Se]CC[Se]/C(c4ccccc4)=C2\3)cc1. The third-order valence-electron chi connectivity index (χ3n) is 6.23. The van der Waals surface area contributed by atoms with Crippen LogP contribution in [0, 0.1) is 0 Å². The second kappa shape index (κ2) is 9.79. The Kier molecular flexibility index (Phi) is 6.23. The Morgan fingerprint density at radius 3 is 0.941 bits per heavy atom. The van der Waals surface area contributed by atoms with Crippen molar-refractivity contribution < 1.29 is 0 Å². The van der Waals surface area contributed by atoms with Gasteiger partial charge in [-0.1, -0.05) is 0 Å². The van der Waals surface area contributed by atoms with Crippen LogP contribution in [0.15, 0.2) is 132 Å².